The van der Waals surface area contributed by atoms with Crippen LogP contribution in [0, 0.1) is 5.41 Å². The Morgan fingerprint density at radius 3 is 2.43 bits per heavy atom. The second-order valence-corrected chi connectivity index (χ2v) is 7.40. The van der Waals surface area contributed by atoms with E-state index >= 15 is 0 Å². The van der Waals surface area contributed by atoms with Crippen LogP contribution in [0.1, 0.15) is 52.0 Å². The molecule has 1 unspecified atom stereocenters. The Balaban J connectivity index is 2.20. The van der Waals surface area contributed by atoms with Crippen molar-refractivity contribution in [1.29, 1.82) is 0 Å². The Kier molecular flexibility index (Phi) is 3.75. The Morgan fingerprint density at radius 2 is 1.83 bits per heavy atom. The van der Waals surface area contributed by atoms with E-state index in [0.717, 1.165) is 29.0 Å². The summed E-state index contributed by atoms with van der Waals surface area (Å²) in [4.78, 5) is 25.1. The molecule has 0 fully saturated rings. The zero-order chi connectivity index (χ0) is 16.8. The lowest BCUT2D eigenvalue weighted by molar-refractivity contribution is -0.118. The minimum atomic E-state index is -0.242. The van der Waals surface area contributed by atoms with Crippen LogP contribution in [-0.2, 0) is 9.59 Å². The monoisotopic (exact) mass is 309 g/mol. The van der Waals surface area contributed by atoms with Crippen LogP contribution < -0.4 is 5.32 Å². The topological polar surface area (TPSA) is 46.2 Å². The lowest BCUT2D eigenvalue weighted by Gasteiger charge is -2.39. The maximum Gasteiger partial charge on any atom is 0.162 e. The second kappa shape index (κ2) is 5.48. The molecule has 1 atom stereocenters. The smallest absolute Gasteiger partial charge is 0.162 e. The lowest BCUT2D eigenvalue weighted by atomic mass is 9.68. The zero-order valence-corrected chi connectivity index (χ0v) is 14.2. The highest BCUT2D eigenvalue weighted by Gasteiger charge is 2.41. The molecule has 120 valence electrons. The molecule has 1 aromatic carbocycles. The minimum Gasteiger partial charge on any atom is -0.362 e. The number of carbonyl (C=O) groups is 2. The fraction of sp³-hybridized carbons (Fsp3) is 0.400. The van der Waals surface area contributed by atoms with Crippen molar-refractivity contribution in [2.45, 2.75) is 46.5 Å². The number of dihydropyridines is 1. The molecular weight excluding hydrogens is 286 g/mol. The Bertz CT molecular complexity index is 738. The molecule has 0 amide bonds. The van der Waals surface area contributed by atoms with E-state index in [1.165, 1.54) is 0 Å². The van der Waals surface area contributed by atoms with E-state index < -0.39 is 0 Å². The van der Waals surface area contributed by atoms with Gasteiger partial charge in [0.1, 0.15) is 0 Å². The van der Waals surface area contributed by atoms with Gasteiger partial charge in [-0.2, -0.15) is 0 Å². The summed E-state index contributed by atoms with van der Waals surface area (Å²) in [5, 5.41) is 3.35. The van der Waals surface area contributed by atoms with Gasteiger partial charge in [-0.3, -0.25) is 9.59 Å². The average Bonchev–Trinajstić information content (AvgIpc) is 2.44. The molecular formula is C20H23NO2. The number of Topliss-reactive ketones (excluding diaryl/α,β-unsaturated/α-hetero) is 2. The second-order valence-electron chi connectivity index (χ2n) is 7.40. The highest BCUT2D eigenvalue weighted by molar-refractivity contribution is 6.05. The van der Waals surface area contributed by atoms with Gasteiger partial charge in [0, 0.05) is 34.9 Å². The fourth-order valence-electron chi connectivity index (χ4n) is 3.88. The molecule has 0 radical (unpaired) electrons. The standard InChI is InChI=1S/C20H23NO2/c1-12-17(13(2)22)18(14-8-6-5-7-9-14)19-15(21-12)10-20(3,4)11-16(19)23/h5-9,18,21H,10-11H2,1-4H3. The van der Waals surface area contributed by atoms with Crippen molar-refractivity contribution in [2.24, 2.45) is 5.41 Å². The van der Waals surface area contributed by atoms with Crippen molar-refractivity contribution < 1.29 is 9.59 Å². The van der Waals surface area contributed by atoms with Crippen LogP contribution in [0.2, 0.25) is 0 Å². The van der Waals surface area contributed by atoms with Gasteiger partial charge >= 0.3 is 0 Å². The number of rotatable bonds is 2. The highest BCUT2D eigenvalue weighted by atomic mass is 16.1. The predicted octanol–water partition coefficient (Wildman–Crippen LogP) is 3.88. The van der Waals surface area contributed by atoms with E-state index in [1.54, 1.807) is 6.92 Å². The molecule has 1 aliphatic heterocycles. The third-order valence-corrected chi connectivity index (χ3v) is 4.75. The van der Waals surface area contributed by atoms with Crippen LogP contribution in [0.3, 0.4) is 0 Å². The predicted molar refractivity (Wildman–Crippen MR) is 90.7 cm³/mol. The molecule has 0 spiro atoms. The first-order chi connectivity index (χ1) is 10.8. The minimum absolute atomic E-state index is 0.0213. The number of ketones is 2. The quantitative estimate of drug-likeness (QED) is 0.902. The summed E-state index contributed by atoms with van der Waals surface area (Å²) in [6.07, 6.45) is 1.36. The number of hydrogen-bond acceptors (Lipinski definition) is 3. The maximum absolute atomic E-state index is 12.9. The first-order valence-corrected chi connectivity index (χ1v) is 8.10. The molecule has 0 saturated heterocycles. The van der Waals surface area contributed by atoms with Gasteiger partial charge in [-0.25, -0.2) is 0 Å². The van der Waals surface area contributed by atoms with Crippen LogP contribution in [0.5, 0.6) is 0 Å². The van der Waals surface area contributed by atoms with Crippen LogP contribution in [0.25, 0.3) is 0 Å². The fourth-order valence-corrected chi connectivity index (χ4v) is 3.88. The van der Waals surface area contributed by atoms with Crippen LogP contribution in [-0.4, -0.2) is 11.6 Å². The summed E-state index contributed by atoms with van der Waals surface area (Å²) in [5.41, 5.74) is 4.32. The van der Waals surface area contributed by atoms with E-state index in [9.17, 15) is 9.59 Å². The average molecular weight is 309 g/mol. The van der Waals surface area contributed by atoms with Gasteiger partial charge in [0.2, 0.25) is 0 Å². The molecule has 23 heavy (non-hydrogen) atoms. The molecule has 3 nitrogen and oxygen atoms in total. The molecule has 3 rings (SSSR count). The van der Waals surface area contributed by atoms with Gasteiger partial charge in [-0.1, -0.05) is 44.2 Å². The van der Waals surface area contributed by atoms with Gasteiger partial charge < -0.3 is 5.32 Å². The van der Waals surface area contributed by atoms with Crippen molar-refractivity contribution in [3.05, 3.63) is 58.4 Å². The summed E-state index contributed by atoms with van der Waals surface area (Å²) in [6.45, 7) is 7.75. The SMILES string of the molecule is CC(=O)C1=C(C)NC2=C(C(=O)CC(C)(C)C2)C1c1ccccc1. The van der Waals surface area contributed by atoms with E-state index in [1.807, 2.05) is 37.3 Å². The Labute approximate surface area is 137 Å². The molecule has 0 saturated carbocycles. The summed E-state index contributed by atoms with van der Waals surface area (Å²) in [7, 11) is 0. The van der Waals surface area contributed by atoms with Gasteiger partial charge in [0.05, 0.1) is 0 Å². The van der Waals surface area contributed by atoms with Crippen LogP contribution >= 0.6 is 0 Å². The lowest BCUT2D eigenvalue weighted by Crippen LogP contribution is -2.38. The van der Waals surface area contributed by atoms with Crippen molar-refractivity contribution in [2.75, 3.05) is 0 Å². The van der Waals surface area contributed by atoms with E-state index in [4.69, 9.17) is 0 Å². The molecule has 1 N–H and O–H groups in total. The molecule has 1 aliphatic carbocycles. The van der Waals surface area contributed by atoms with Crippen molar-refractivity contribution in [1.82, 2.24) is 5.32 Å². The van der Waals surface area contributed by atoms with Crippen molar-refractivity contribution in [3.63, 3.8) is 0 Å². The van der Waals surface area contributed by atoms with E-state index in [0.29, 0.717) is 12.0 Å². The number of nitrogens with one attached hydrogen (secondary N) is 1. The summed E-state index contributed by atoms with van der Waals surface area (Å²) >= 11 is 0. The number of benzene rings is 1. The van der Waals surface area contributed by atoms with Crippen molar-refractivity contribution in [3.8, 4) is 0 Å². The largest absolute Gasteiger partial charge is 0.362 e. The molecule has 0 bridgehead atoms. The third-order valence-electron chi connectivity index (χ3n) is 4.75. The normalized spacial score (nSPS) is 23.5. The molecule has 3 heteroatoms. The first-order valence-electron chi connectivity index (χ1n) is 8.10. The zero-order valence-electron chi connectivity index (χ0n) is 14.2. The first kappa shape index (κ1) is 15.7. The molecule has 2 aliphatic rings. The summed E-state index contributed by atoms with van der Waals surface area (Å²) < 4.78 is 0. The molecule has 0 aromatic heterocycles. The number of allylic oxidation sites excluding steroid dienone is 4. The third kappa shape index (κ3) is 2.76. The summed E-state index contributed by atoms with van der Waals surface area (Å²) in [5.74, 6) is -0.0644. The molecule has 1 aromatic rings. The van der Waals surface area contributed by atoms with E-state index in [2.05, 4.69) is 19.2 Å². The molecule has 1 heterocycles. The van der Waals surface area contributed by atoms with Crippen LogP contribution in [0.4, 0.5) is 0 Å². The summed E-state index contributed by atoms with van der Waals surface area (Å²) in [6, 6.07) is 9.88. The van der Waals surface area contributed by atoms with E-state index in [-0.39, 0.29) is 22.9 Å². The van der Waals surface area contributed by atoms with Crippen LogP contribution in [0.15, 0.2) is 52.9 Å². The maximum atomic E-state index is 12.9. The van der Waals surface area contributed by atoms with Gasteiger partial charge in [0.15, 0.2) is 11.6 Å². The van der Waals surface area contributed by atoms with Crippen molar-refractivity contribution >= 4 is 11.6 Å². The Hall–Kier alpha value is -2.16. The van der Waals surface area contributed by atoms with Gasteiger partial charge in [-0.15, -0.1) is 0 Å². The van der Waals surface area contributed by atoms with Gasteiger partial charge in [-0.05, 0) is 31.2 Å². The van der Waals surface area contributed by atoms with Gasteiger partial charge in [0.25, 0.3) is 0 Å². The Morgan fingerprint density at radius 1 is 1.17 bits per heavy atom. The number of carbonyl (C=O) groups excluding carboxylic acids is 2. The highest BCUT2D eigenvalue weighted by Crippen LogP contribution is 2.46. The number of hydrogen-bond donors (Lipinski definition) is 1.